The van der Waals surface area contributed by atoms with Crippen LogP contribution in [0.25, 0.3) is 0 Å². The van der Waals surface area contributed by atoms with E-state index in [1.807, 2.05) is 70.3 Å². The van der Waals surface area contributed by atoms with E-state index in [1.165, 1.54) is 0 Å². The maximum Gasteiger partial charge on any atom is 0.278 e. The Balaban J connectivity index is 1.87. The highest BCUT2D eigenvalue weighted by Gasteiger charge is 2.23. The number of hydrogen-bond donors (Lipinski definition) is 3. The lowest BCUT2D eigenvalue weighted by Gasteiger charge is -2.21. The number of rotatable bonds is 7. The Bertz CT molecular complexity index is 803. The molecule has 0 aliphatic heterocycles. The maximum absolute atomic E-state index is 12.4. The number of anilines is 1. The predicted molar refractivity (Wildman–Crippen MR) is 109 cm³/mol. The van der Waals surface area contributed by atoms with Gasteiger partial charge in [-0.2, -0.15) is 0 Å². The molecule has 0 radical (unpaired) electrons. The SMILES string of the molecule is Cc1cccc(C)c1NC(=O)CNC(=O)[C@H](C)[NH+](C)Cc1ccccc1Cl. The first kappa shape index (κ1) is 20.9. The molecule has 27 heavy (non-hydrogen) atoms. The zero-order chi connectivity index (χ0) is 20.0. The van der Waals surface area contributed by atoms with Crippen LogP contribution in [0, 0.1) is 13.8 Å². The third-order valence-electron chi connectivity index (χ3n) is 4.73. The third kappa shape index (κ3) is 5.81. The van der Waals surface area contributed by atoms with Gasteiger partial charge in [-0.1, -0.05) is 48.0 Å². The van der Waals surface area contributed by atoms with E-state index < -0.39 is 0 Å². The molecule has 0 saturated carbocycles. The summed E-state index contributed by atoms with van der Waals surface area (Å²) in [7, 11) is 1.93. The van der Waals surface area contributed by atoms with Crippen LogP contribution >= 0.6 is 11.6 Å². The van der Waals surface area contributed by atoms with E-state index in [0.717, 1.165) is 27.3 Å². The van der Waals surface area contributed by atoms with E-state index in [-0.39, 0.29) is 24.4 Å². The molecule has 0 saturated heterocycles. The first-order valence-electron chi connectivity index (χ1n) is 8.99. The number of benzene rings is 2. The van der Waals surface area contributed by atoms with Crippen LogP contribution in [-0.2, 0) is 16.1 Å². The average Bonchev–Trinajstić information content (AvgIpc) is 2.64. The fourth-order valence-electron chi connectivity index (χ4n) is 2.83. The van der Waals surface area contributed by atoms with Crippen molar-refractivity contribution in [2.75, 3.05) is 18.9 Å². The molecule has 144 valence electrons. The molecular weight excluding hydrogens is 362 g/mol. The van der Waals surface area contributed by atoms with Crippen LogP contribution in [0.2, 0.25) is 5.02 Å². The summed E-state index contributed by atoms with van der Waals surface area (Å²) in [5.41, 5.74) is 3.77. The Kier molecular flexibility index (Phi) is 7.39. The largest absolute Gasteiger partial charge is 0.342 e. The molecule has 2 atom stereocenters. The van der Waals surface area contributed by atoms with Gasteiger partial charge in [0.1, 0.15) is 6.54 Å². The summed E-state index contributed by atoms with van der Waals surface area (Å²) in [5.74, 6) is -0.409. The first-order chi connectivity index (χ1) is 12.8. The number of carbonyl (C=O) groups excluding carboxylic acids is 2. The van der Waals surface area contributed by atoms with Gasteiger partial charge in [0.15, 0.2) is 6.04 Å². The lowest BCUT2D eigenvalue weighted by molar-refractivity contribution is -0.908. The Hall–Kier alpha value is -2.37. The second-order valence-corrected chi connectivity index (χ2v) is 7.28. The molecule has 2 rings (SSSR count). The molecule has 0 fully saturated rings. The van der Waals surface area contributed by atoms with Crippen LogP contribution in [-0.4, -0.2) is 31.4 Å². The lowest BCUT2D eigenvalue weighted by atomic mass is 10.1. The van der Waals surface area contributed by atoms with Crippen molar-refractivity contribution in [3.63, 3.8) is 0 Å². The van der Waals surface area contributed by atoms with Crippen molar-refractivity contribution in [3.05, 3.63) is 64.2 Å². The summed E-state index contributed by atoms with van der Waals surface area (Å²) in [6.45, 7) is 6.29. The van der Waals surface area contributed by atoms with Crippen molar-refractivity contribution < 1.29 is 14.5 Å². The fraction of sp³-hybridized carbons (Fsp3) is 0.333. The molecule has 0 bridgehead atoms. The van der Waals surface area contributed by atoms with Crippen LogP contribution in [0.15, 0.2) is 42.5 Å². The number of para-hydroxylation sites is 1. The van der Waals surface area contributed by atoms with Crippen molar-refractivity contribution in [1.29, 1.82) is 0 Å². The molecule has 5 nitrogen and oxygen atoms in total. The molecule has 2 aromatic carbocycles. The molecule has 0 spiro atoms. The van der Waals surface area contributed by atoms with E-state index in [9.17, 15) is 9.59 Å². The number of quaternary nitrogens is 1. The van der Waals surface area contributed by atoms with Crippen LogP contribution in [0.1, 0.15) is 23.6 Å². The van der Waals surface area contributed by atoms with E-state index in [0.29, 0.717) is 11.6 Å². The van der Waals surface area contributed by atoms with Gasteiger partial charge in [0, 0.05) is 16.3 Å². The molecule has 0 aliphatic rings. The summed E-state index contributed by atoms with van der Waals surface area (Å²) >= 11 is 6.19. The molecule has 6 heteroatoms. The Morgan fingerprint density at radius 1 is 1.07 bits per heavy atom. The number of likely N-dealkylation sites (N-methyl/N-ethyl adjacent to an activating group) is 1. The fourth-order valence-corrected chi connectivity index (χ4v) is 3.04. The number of aryl methyl sites for hydroxylation is 2. The summed E-state index contributed by atoms with van der Waals surface area (Å²) in [6.07, 6.45) is 0. The van der Waals surface area contributed by atoms with Crippen molar-refractivity contribution in [1.82, 2.24) is 5.32 Å². The molecule has 2 amide bonds. The van der Waals surface area contributed by atoms with Crippen LogP contribution < -0.4 is 15.5 Å². The number of hydrogen-bond acceptors (Lipinski definition) is 2. The van der Waals surface area contributed by atoms with E-state index in [4.69, 9.17) is 11.6 Å². The average molecular weight is 389 g/mol. The smallest absolute Gasteiger partial charge is 0.278 e. The van der Waals surface area contributed by atoms with Crippen LogP contribution in [0.3, 0.4) is 0 Å². The highest BCUT2D eigenvalue weighted by molar-refractivity contribution is 6.31. The van der Waals surface area contributed by atoms with Crippen LogP contribution in [0.5, 0.6) is 0 Å². The van der Waals surface area contributed by atoms with Gasteiger partial charge in [0.2, 0.25) is 5.91 Å². The Labute approximate surface area is 165 Å². The van der Waals surface area contributed by atoms with Gasteiger partial charge in [-0.15, -0.1) is 0 Å². The number of carbonyl (C=O) groups is 2. The summed E-state index contributed by atoms with van der Waals surface area (Å²) in [6, 6.07) is 13.1. The molecule has 0 heterocycles. The van der Waals surface area contributed by atoms with Crippen molar-refractivity contribution in [3.8, 4) is 0 Å². The minimum absolute atomic E-state index is 0.0592. The van der Waals surface area contributed by atoms with Gasteiger partial charge >= 0.3 is 0 Å². The number of nitrogens with one attached hydrogen (secondary N) is 3. The van der Waals surface area contributed by atoms with Gasteiger partial charge in [-0.25, -0.2) is 0 Å². The summed E-state index contributed by atoms with van der Waals surface area (Å²) < 4.78 is 0. The van der Waals surface area contributed by atoms with Crippen molar-refractivity contribution in [2.24, 2.45) is 0 Å². The second kappa shape index (κ2) is 9.53. The third-order valence-corrected chi connectivity index (χ3v) is 5.10. The Morgan fingerprint density at radius 2 is 1.70 bits per heavy atom. The standard InChI is InChI=1S/C21H26ClN3O2/c1-14-8-7-9-15(2)20(14)24-19(26)12-23-21(27)16(3)25(4)13-17-10-5-6-11-18(17)22/h5-11,16H,12-13H2,1-4H3,(H,23,27)(H,24,26)/p+1/t16-/m0/s1. The van der Waals surface area contributed by atoms with E-state index in [2.05, 4.69) is 10.6 Å². The van der Waals surface area contributed by atoms with E-state index in [1.54, 1.807) is 0 Å². The van der Waals surface area contributed by atoms with Gasteiger partial charge in [0.25, 0.3) is 5.91 Å². The minimum atomic E-state index is -0.311. The molecule has 3 N–H and O–H groups in total. The lowest BCUT2D eigenvalue weighted by Crippen LogP contribution is -3.12. The quantitative estimate of drug-likeness (QED) is 0.680. The van der Waals surface area contributed by atoms with Crippen LogP contribution in [0.4, 0.5) is 5.69 Å². The Morgan fingerprint density at radius 3 is 2.33 bits per heavy atom. The summed E-state index contributed by atoms with van der Waals surface area (Å²) in [4.78, 5) is 25.6. The maximum atomic E-state index is 12.4. The summed E-state index contributed by atoms with van der Waals surface area (Å²) in [5, 5.41) is 6.28. The van der Waals surface area contributed by atoms with Gasteiger partial charge in [0.05, 0.1) is 13.6 Å². The highest BCUT2D eigenvalue weighted by atomic mass is 35.5. The molecule has 0 aromatic heterocycles. The van der Waals surface area contributed by atoms with E-state index >= 15 is 0 Å². The van der Waals surface area contributed by atoms with Gasteiger partial charge in [-0.3, -0.25) is 9.59 Å². The topological polar surface area (TPSA) is 62.6 Å². The molecule has 1 unspecified atom stereocenters. The molecule has 2 aromatic rings. The normalized spacial score (nSPS) is 12.9. The van der Waals surface area contributed by atoms with Crippen molar-refractivity contribution >= 4 is 29.1 Å². The molecular formula is C21H27ClN3O2+. The number of amides is 2. The van der Waals surface area contributed by atoms with Gasteiger partial charge in [-0.05, 0) is 38.0 Å². The number of halogens is 1. The first-order valence-corrected chi connectivity index (χ1v) is 9.37. The highest BCUT2D eigenvalue weighted by Crippen LogP contribution is 2.19. The zero-order valence-corrected chi connectivity index (χ0v) is 17.0. The predicted octanol–water partition coefficient (Wildman–Crippen LogP) is 2.11. The van der Waals surface area contributed by atoms with Crippen molar-refractivity contribution in [2.45, 2.75) is 33.4 Å². The van der Waals surface area contributed by atoms with Gasteiger partial charge < -0.3 is 15.5 Å². The monoisotopic (exact) mass is 388 g/mol. The molecule has 0 aliphatic carbocycles. The zero-order valence-electron chi connectivity index (χ0n) is 16.2. The second-order valence-electron chi connectivity index (χ2n) is 6.87. The minimum Gasteiger partial charge on any atom is -0.342 e.